The van der Waals surface area contributed by atoms with Crippen LogP contribution >= 0.6 is 11.8 Å². The van der Waals surface area contributed by atoms with Crippen LogP contribution in [0.25, 0.3) is 0 Å². The van der Waals surface area contributed by atoms with Crippen molar-refractivity contribution in [3.05, 3.63) is 29.8 Å². The molecule has 2 atom stereocenters. The Hall–Kier alpha value is -0.550. The lowest BCUT2D eigenvalue weighted by Crippen LogP contribution is -2.32. The highest BCUT2D eigenvalue weighted by Crippen LogP contribution is 2.37. The minimum atomic E-state index is -0.664. The topological polar surface area (TPSA) is 52.5 Å². The Labute approximate surface area is 93.5 Å². The molecule has 82 valence electrons. The largest absolute Gasteiger partial charge is 0.394 e. The van der Waals surface area contributed by atoms with Crippen LogP contribution in [0.5, 0.6) is 0 Å². The van der Waals surface area contributed by atoms with Crippen LogP contribution in [0.1, 0.15) is 11.6 Å². The fourth-order valence-corrected chi connectivity index (χ4v) is 2.87. The van der Waals surface area contributed by atoms with E-state index in [1.165, 1.54) is 10.5 Å². The minimum Gasteiger partial charge on any atom is -0.394 e. The van der Waals surface area contributed by atoms with Gasteiger partial charge in [0.15, 0.2) is 0 Å². The Bertz CT molecular complexity index is 332. The quantitative estimate of drug-likeness (QED) is 0.708. The molecule has 0 aliphatic carbocycles. The zero-order valence-electron chi connectivity index (χ0n) is 8.39. The lowest BCUT2D eigenvalue weighted by Gasteiger charge is -2.15. The van der Waals surface area contributed by atoms with Gasteiger partial charge in [-0.05, 0) is 11.6 Å². The number of benzene rings is 1. The molecule has 2 unspecified atom stereocenters. The first-order valence-corrected chi connectivity index (χ1v) is 6.04. The van der Waals surface area contributed by atoms with Gasteiger partial charge in [-0.3, -0.25) is 0 Å². The van der Waals surface area contributed by atoms with E-state index in [4.69, 9.17) is 5.11 Å². The number of rotatable bonds is 4. The second kappa shape index (κ2) is 4.99. The number of aliphatic hydroxyl groups is 2. The van der Waals surface area contributed by atoms with Crippen molar-refractivity contribution in [2.45, 2.75) is 17.0 Å². The van der Waals surface area contributed by atoms with Crippen molar-refractivity contribution in [1.82, 2.24) is 5.32 Å². The SMILES string of the molecule is OCC(O)CNC1CSc2ccccc21. The van der Waals surface area contributed by atoms with E-state index in [0.29, 0.717) is 12.6 Å². The molecule has 0 amide bonds. The van der Waals surface area contributed by atoms with Crippen molar-refractivity contribution in [3.63, 3.8) is 0 Å². The van der Waals surface area contributed by atoms with E-state index in [-0.39, 0.29) is 6.61 Å². The van der Waals surface area contributed by atoms with Crippen molar-refractivity contribution in [2.75, 3.05) is 18.9 Å². The van der Waals surface area contributed by atoms with Gasteiger partial charge >= 0.3 is 0 Å². The Morgan fingerprint density at radius 2 is 2.27 bits per heavy atom. The molecule has 0 spiro atoms. The minimum absolute atomic E-state index is 0.186. The van der Waals surface area contributed by atoms with Gasteiger partial charge in [-0.15, -0.1) is 11.8 Å². The fraction of sp³-hybridized carbons (Fsp3) is 0.455. The summed E-state index contributed by atoms with van der Waals surface area (Å²) in [6, 6.07) is 8.59. The number of thioether (sulfide) groups is 1. The fourth-order valence-electron chi connectivity index (χ4n) is 1.67. The first-order chi connectivity index (χ1) is 7.31. The van der Waals surface area contributed by atoms with Crippen LogP contribution < -0.4 is 5.32 Å². The van der Waals surface area contributed by atoms with Gasteiger partial charge in [-0.2, -0.15) is 0 Å². The molecular weight excluding hydrogens is 210 g/mol. The molecule has 1 aliphatic rings. The maximum Gasteiger partial charge on any atom is 0.0895 e. The number of hydrogen-bond acceptors (Lipinski definition) is 4. The molecular formula is C11H15NO2S. The van der Waals surface area contributed by atoms with Crippen LogP contribution in [0.4, 0.5) is 0 Å². The second-order valence-corrected chi connectivity index (χ2v) is 4.71. The van der Waals surface area contributed by atoms with Crippen LogP contribution in [0.15, 0.2) is 29.2 Å². The van der Waals surface area contributed by atoms with E-state index in [1.807, 2.05) is 23.9 Å². The summed E-state index contributed by atoms with van der Waals surface area (Å²) in [4.78, 5) is 1.31. The van der Waals surface area contributed by atoms with Gasteiger partial charge in [0.1, 0.15) is 0 Å². The smallest absolute Gasteiger partial charge is 0.0895 e. The van der Waals surface area contributed by atoms with Gasteiger partial charge < -0.3 is 15.5 Å². The molecule has 0 bridgehead atoms. The molecule has 1 heterocycles. The predicted octanol–water partition coefficient (Wildman–Crippen LogP) is 0.776. The Morgan fingerprint density at radius 3 is 3.07 bits per heavy atom. The molecule has 0 radical (unpaired) electrons. The summed E-state index contributed by atoms with van der Waals surface area (Å²) >= 11 is 1.83. The monoisotopic (exact) mass is 225 g/mol. The third-order valence-electron chi connectivity index (χ3n) is 2.51. The molecule has 1 aliphatic heterocycles. The average Bonchev–Trinajstić information content (AvgIpc) is 2.69. The summed E-state index contributed by atoms with van der Waals surface area (Å²) in [5, 5.41) is 21.2. The number of fused-ring (bicyclic) bond motifs is 1. The predicted molar refractivity (Wildman–Crippen MR) is 61.0 cm³/mol. The highest BCUT2D eigenvalue weighted by atomic mass is 32.2. The number of hydrogen-bond donors (Lipinski definition) is 3. The molecule has 0 fully saturated rings. The number of nitrogens with one attached hydrogen (secondary N) is 1. The van der Waals surface area contributed by atoms with E-state index in [0.717, 1.165) is 5.75 Å². The Balaban J connectivity index is 1.96. The third-order valence-corrected chi connectivity index (χ3v) is 3.69. The van der Waals surface area contributed by atoms with Crippen molar-refractivity contribution in [1.29, 1.82) is 0 Å². The molecule has 15 heavy (non-hydrogen) atoms. The Morgan fingerprint density at radius 1 is 1.47 bits per heavy atom. The molecule has 3 N–H and O–H groups in total. The van der Waals surface area contributed by atoms with E-state index < -0.39 is 6.10 Å². The first-order valence-electron chi connectivity index (χ1n) is 5.05. The maximum atomic E-state index is 9.25. The van der Waals surface area contributed by atoms with Crippen molar-refractivity contribution in [2.24, 2.45) is 0 Å². The van der Waals surface area contributed by atoms with Gasteiger partial charge in [0, 0.05) is 23.2 Å². The van der Waals surface area contributed by atoms with E-state index in [1.54, 1.807) is 0 Å². The van der Waals surface area contributed by atoms with Crippen molar-refractivity contribution < 1.29 is 10.2 Å². The summed E-state index contributed by atoms with van der Waals surface area (Å²) in [7, 11) is 0. The summed E-state index contributed by atoms with van der Waals surface area (Å²) in [6.45, 7) is 0.255. The van der Waals surface area contributed by atoms with Gasteiger partial charge in [0.2, 0.25) is 0 Å². The summed E-state index contributed by atoms with van der Waals surface area (Å²) in [5.74, 6) is 0.998. The molecule has 0 saturated carbocycles. The van der Waals surface area contributed by atoms with Crippen LogP contribution in [-0.2, 0) is 0 Å². The summed E-state index contributed by atoms with van der Waals surface area (Å²) in [6.07, 6.45) is -0.664. The van der Waals surface area contributed by atoms with E-state index >= 15 is 0 Å². The number of aliphatic hydroxyl groups excluding tert-OH is 2. The van der Waals surface area contributed by atoms with Gasteiger partial charge in [0.05, 0.1) is 12.7 Å². The van der Waals surface area contributed by atoms with Gasteiger partial charge in [-0.25, -0.2) is 0 Å². The lowest BCUT2D eigenvalue weighted by molar-refractivity contribution is 0.0925. The third kappa shape index (κ3) is 2.52. The summed E-state index contributed by atoms with van der Waals surface area (Å²) < 4.78 is 0. The lowest BCUT2D eigenvalue weighted by atomic mass is 10.1. The standard InChI is InChI=1S/C11H15NO2S/c13-6-8(14)5-12-10-7-15-11-4-2-1-3-9(10)11/h1-4,8,10,12-14H,5-7H2. The van der Waals surface area contributed by atoms with Gasteiger partial charge in [0.25, 0.3) is 0 Å². The van der Waals surface area contributed by atoms with Crippen LogP contribution in [0.2, 0.25) is 0 Å². The second-order valence-electron chi connectivity index (χ2n) is 3.65. The zero-order valence-corrected chi connectivity index (χ0v) is 9.20. The average molecular weight is 225 g/mol. The van der Waals surface area contributed by atoms with Crippen molar-refractivity contribution in [3.8, 4) is 0 Å². The van der Waals surface area contributed by atoms with Crippen LogP contribution in [-0.4, -0.2) is 35.2 Å². The Kier molecular flexibility index (Phi) is 3.64. The molecule has 0 saturated heterocycles. The molecule has 1 aromatic carbocycles. The first kappa shape index (κ1) is 11.0. The molecule has 2 rings (SSSR count). The highest BCUT2D eigenvalue weighted by Gasteiger charge is 2.22. The maximum absolute atomic E-state index is 9.25. The van der Waals surface area contributed by atoms with Gasteiger partial charge in [-0.1, -0.05) is 18.2 Å². The highest BCUT2D eigenvalue weighted by molar-refractivity contribution is 7.99. The van der Waals surface area contributed by atoms with Crippen LogP contribution in [0.3, 0.4) is 0 Å². The normalized spacial score (nSPS) is 21.3. The molecule has 3 nitrogen and oxygen atoms in total. The molecule has 1 aromatic rings. The molecule has 0 aromatic heterocycles. The van der Waals surface area contributed by atoms with E-state index in [9.17, 15) is 5.11 Å². The zero-order chi connectivity index (χ0) is 10.7. The van der Waals surface area contributed by atoms with Crippen LogP contribution in [0, 0.1) is 0 Å². The van der Waals surface area contributed by atoms with E-state index in [2.05, 4.69) is 17.4 Å². The molecule has 4 heteroatoms. The summed E-state index contributed by atoms with van der Waals surface area (Å²) in [5.41, 5.74) is 1.30. The van der Waals surface area contributed by atoms with Crippen molar-refractivity contribution >= 4 is 11.8 Å².